The summed E-state index contributed by atoms with van der Waals surface area (Å²) in [6.07, 6.45) is -1.64. The Hall–Kier alpha value is -4.78. The van der Waals surface area contributed by atoms with Gasteiger partial charge in [0, 0.05) is 45.0 Å². The van der Waals surface area contributed by atoms with Crippen LogP contribution in [-0.2, 0) is 6.18 Å². The van der Waals surface area contributed by atoms with Gasteiger partial charge in [0.25, 0.3) is 5.91 Å². The molecule has 10 nitrogen and oxygen atoms in total. The number of aryl methyl sites for hydroxylation is 1. The zero-order valence-electron chi connectivity index (χ0n) is 23.2. The van der Waals surface area contributed by atoms with Crippen molar-refractivity contribution in [3.63, 3.8) is 0 Å². The third-order valence-electron chi connectivity index (χ3n) is 6.88. The van der Waals surface area contributed by atoms with Crippen molar-refractivity contribution in [2.45, 2.75) is 13.1 Å². The predicted molar refractivity (Wildman–Crippen MR) is 153 cm³/mol. The number of likely N-dealkylation sites (N-methyl/N-ethyl adjacent to an activating group) is 1. The number of hydrogen-bond donors (Lipinski definition) is 2. The van der Waals surface area contributed by atoms with Crippen molar-refractivity contribution in [1.29, 1.82) is 0 Å². The molecule has 4 aromatic rings. The number of benzene rings is 2. The molecule has 0 saturated carbocycles. The topological polar surface area (TPSA) is 108 Å². The maximum absolute atomic E-state index is 13.6. The van der Waals surface area contributed by atoms with E-state index < -0.39 is 17.6 Å². The molecule has 0 radical (unpaired) electrons. The van der Waals surface area contributed by atoms with Crippen molar-refractivity contribution in [1.82, 2.24) is 24.8 Å². The van der Waals surface area contributed by atoms with Crippen molar-refractivity contribution in [2.75, 3.05) is 55.8 Å². The van der Waals surface area contributed by atoms with Gasteiger partial charge in [0.1, 0.15) is 12.1 Å². The van der Waals surface area contributed by atoms with Gasteiger partial charge in [-0.15, -0.1) is 0 Å². The van der Waals surface area contributed by atoms with E-state index in [0.29, 0.717) is 47.4 Å². The highest BCUT2D eigenvalue weighted by Gasteiger charge is 2.32. The van der Waals surface area contributed by atoms with Crippen molar-refractivity contribution < 1.29 is 22.7 Å². The summed E-state index contributed by atoms with van der Waals surface area (Å²) in [4.78, 5) is 34.5. The van der Waals surface area contributed by atoms with Crippen LogP contribution in [0.5, 0.6) is 11.6 Å². The van der Waals surface area contributed by atoms with Crippen LogP contribution in [0.3, 0.4) is 0 Å². The Labute approximate surface area is 240 Å². The first-order chi connectivity index (χ1) is 20.1. The molecule has 0 atom stereocenters. The number of hydrogen-bond acceptors (Lipinski definition) is 9. The van der Waals surface area contributed by atoms with E-state index in [2.05, 4.69) is 35.5 Å². The third kappa shape index (κ3) is 6.41. The van der Waals surface area contributed by atoms with Crippen LogP contribution in [0.25, 0.3) is 11.4 Å². The minimum absolute atomic E-state index is 0.0876. The number of rotatable bonds is 7. The molecule has 1 fully saturated rings. The molecular weight excluding hydrogens is 549 g/mol. The van der Waals surface area contributed by atoms with Crippen molar-refractivity contribution in [3.05, 3.63) is 77.7 Å². The summed E-state index contributed by atoms with van der Waals surface area (Å²) in [6.45, 7) is 4.56. The van der Waals surface area contributed by atoms with Gasteiger partial charge in [-0.05, 0) is 62.0 Å². The lowest BCUT2D eigenvalue weighted by atomic mass is 10.1. The van der Waals surface area contributed by atoms with E-state index in [0.717, 1.165) is 25.2 Å². The van der Waals surface area contributed by atoms with E-state index in [4.69, 9.17) is 4.74 Å². The number of amides is 1. The SMILES string of the molecule is CNc1ncnc(-c2cccnc2Oc2cc(C(=O)Nc3cc(C(F)(F)F)ccc3N3CCN(C)CC3)ccc2C)n1. The van der Waals surface area contributed by atoms with Gasteiger partial charge in [0.15, 0.2) is 5.82 Å². The maximum atomic E-state index is 13.6. The van der Waals surface area contributed by atoms with Gasteiger partial charge < -0.3 is 25.2 Å². The second-order valence-corrected chi connectivity index (χ2v) is 9.80. The average molecular weight is 579 g/mol. The fourth-order valence-corrected chi connectivity index (χ4v) is 4.47. The number of alkyl halides is 3. The molecule has 2 aromatic heterocycles. The molecule has 1 aliphatic rings. The zero-order valence-corrected chi connectivity index (χ0v) is 23.2. The molecule has 1 amide bonds. The first-order valence-corrected chi connectivity index (χ1v) is 13.2. The molecule has 2 N–H and O–H groups in total. The highest BCUT2D eigenvalue weighted by Crippen LogP contribution is 2.37. The van der Waals surface area contributed by atoms with Crippen molar-refractivity contribution >= 4 is 23.2 Å². The smallest absolute Gasteiger partial charge is 0.416 e. The molecule has 0 unspecified atom stereocenters. The summed E-state index contributed by atoms with van der Waals surface area (Å²) in [5.74, 6) is 0.683. The van der Waals surface area contributed by atoms with Gasteiger partial charge in [-0.2, -0.15) is 18.2 Å². The fraction of sp³-hybridized carbons (Fsp3) is 0.276. The van der Waals surface area contributed by atoms with E-state index in [1.807, 2.05) is 11.9 Å². The van der Waals surface area contributed by atoms with Gasteiger partial charge in [0.05, 0.1) is 22.5 Å². The molecule has 218 valence electrons. The van der Waals surface area contributed by atoms with E-state index >= 15 is 0 Å². The summed E-state index contributed by atoms with van der Waals surface area (Å²) < 4.78 is 46.9. The number of aromatic nitrogens is 4. The van der Waals surface area contributed by atoms with Crippen LogP contribution in [0.2, 0.25) is 0 Å². The van der Waals surface area contributed by atoms with Crippen molar-refractivity contribution in [2.24, 2.45) is 0 Å². The van der Waals surface area contributed by atoms with Crippen LogP contribution in [0, 0.1) is 6.92 Å². The molecule has 0 spiro atoms. The molecule has 3 heterocycles. The molecule has 42 heavy (non-hydrogen) atoms. The van der Waals surface area contributed by atoms with Gasteiger partial charge in [0.2, 0.25) is 11.8 Å². The zero-order chi connectivity index (χ0) is 29.9. The number of anilines is 3. The highest BCUT2D eigenvalue weighted by molar-refractivity contribution is 6.06. The van der Waals surface area contributed by atoms with Crippen LogP contribution in [-0.4, -0.2) is 71.0 Å². The number of halogens is 3. The van der Waals surface area contributed by atoms with Crippen LogP contribution in [0.1, 0.15) is 21.5 Å². The summed E-state index contributed by atoms with van der Waals surface area (Å²) in [5, 5.41) is 5.57. The number of carbonyl (C=O) groups is 1. The normalized spacial score (nSPS) is 14.0. The lowest BCUT2D eigenvalue weighted by Gasteiger charge is -2.35. The van der Waals surface area contributed by atoms with E-state index in [1.165, 1.54) is 18.5 Å². The Morgan fingerprint density at radius 1 is 1.00 bits per heavy atom. The van der Waals surface area contributed by atoms with E-state index in [9.17, 15) is 18.0 Å². The lowest BCUT2D eigenvalue weighted by Crippen LogP contribution is -2.44. The van der Waals surface area contributed by atoms with Gasteiger partial charge >= 0.3 is 6.18 Å². The summed E-state index contributed by atoms with van der Waals surface area (Å²) in [7, 11) is 3.68. The quantitative estimate of drug-likeness (QED) is 0.310. The lowest BCUT2D eigenvalue weighted by molar-refractivity contribution is -0.137. The second-order valence-electron chi connectivity index (χ2n) is 9.80. The summed E-state index contributed by atoms with van der Waals surface area (Å²) in [5.41, 5.74) is 1.20. The standard InChI is InChI=1S/C29H29F3N8O2/c1-18-6-7-19(15-24(18)42-27-21(5-4-10-34-27)25-35-17-36-28(33-2)38-25)26(41)37-22-16-20(29(30,31)32)8-9-23(22)40-13-11-39(3)12-14-40/h4-10,15-17H,11-14H2,1-3H3,(H,37,41)(H,33,35,36,38). The highest BCUT2D eigenvalue weighted by atomic mass is 19.4. The number of nitrogens with zero attached hydrogens (tertiary/aromatic N) is 6. The van der Waals surface area contributed by atoms with Gasteiger partial charge in [-0.3, -0.25) is 4.79 Å². The number of nitrogens with one attached hydrogen (secondary N) is 2. The van der Waals surface area contributed by atoms with Crippen LogP contribution in [0.15, 0.2) is 61.1 Å². The van der Waals surface area contributed by atoms with Crippen LogP contribution < -0.4 is 20.3 Å². The molecule has 2 aromatic carbocycles. The monoisotopic (exact) mass is 578 g/mol. The van der Waals surface area contributed by atoms with E-state index in [1.54, 1.807) is 44.4 Å². The Morgan fingerprint density at radius 2 is 1.79 bits per heavy atom. The van der Waals surface area contributed by atoms with E-state index in [-0.39, 0.29) is 17.1 Å². The molecule has 5 rings (SSSR count). The Bertz CT molecular complexity index is 1590. The first kappa shape index (κ1) is 28.7. The fourth-order valence-electron chi connectivity index (χ4n) is 4.47. The molecule has 0 aliphatic carbocycles. The Balaban J connectivity index is 1.43. The van der Waals surface area contributed by atoms with Gasteiger partial charge in [-0.25, -0.2) is 15.0 Å². The molecular formula is C29H29F3N8O2. The number of carbonyl (C=O) groups excluding carboxylic acids is 1. The first-order valence-electron chi connectivity index (χ1n) is 13.2. The van der Waals surface area contributed by atoms with Gasteiger partial charge in [-0.1, -0.05) is 6.07 Å². The number of ether oxygens (including phenoxy) is 1. The number of piperazine rings is 1. The molecule has 13 heteroatoms. The number of pyridine rings is 1. The van der Waals surface area contributed by atoms with Crippen molar-refractivity contribution in [3.8, 4) is 23.0 Å². The largest absolute Gasteiger partial charge is 0.438 e. The Kier molecular flexibility index (Phi) is 8.20. The minimum Gasteiger partial charge on any atom is -0.438 e. The third-order valence-corrected chi connectivity index (χ3v) is 6.88. The average Bonchev–Trinajstić information content (AvgIpc) is 2.98. The molecule has 0 bridgehead atoms. The second kappa shape index (κ2) is 12.0. The predicted octanol–water partition coefficient (Wildman–Crippen LogP) is 5.10. The van der Waals surface area contributed by atoms with Crippen LogP contribution in [0.4, 0.5) is 30.5 Å². The summed E-state index contributed by atoms with van der Waals surface area (Å²) >= 11 is 0. The molecule has 1 aliphatic heterocycles. The minimum atomic E-state index is -4.56. The maximum Gasteiger partial charge on any atom is 0.416 e. The van der Waals surface area contributed by atoms with Crippen LogP contribution >= 0.6 is 0 Å². The summed E-state index contributed by atoms with van der Waals surface area (Å²) in [6, 6.07) is 11.7. The Morgan fingerprint density at radius 3 is 2.52 bits per heavy atom. The molecule has 1 saturated heterocycles.